The third-order valence-corrected chi connectivity index (χ3v) is 4.90. The minimum absolute atomic E-state index is 0.0473. The van der Waals surface area contributed by atoms with Crippen LogP contribution in [-0.2, 0) is 27.4 Å². The Bertz CT molecular complexity index is 1200. The molecule has 0 bridgehead atoms. The minimum atomic E-state index is -0.575. The molecule has 1 aliphatic rings. The molecule has 1 aliphatic heterocycles. The number of nitrogens with zero attached hydrogens (tertiary/aromatic N) is 2. The zero-order chi connectivity index (χ0) is 21.8. The van der Waals surface area contributed by atoms with Crippen LogP contribution in [0.3, 0.4) is 0 Å². The number of rotatable bonds is 7. The number of carbonyl (C=O) groups is 2. The fraction of sp³-hybridized carbons (Fsp3) is 0.273. The van der Waals surface area contributed by atoms with Crippen molar-refractivity contribution in [3.05, 3.63) is 64.2 Å². The van der Waals surface area contributed by atoms with Crippen molar-refractivity contribution in [1.29, 1.82) is 0 Å². The van der Waals surface area contributed by atoms with Crippen LogP contribution in [0.4, 0.5) is 0 Å². The van der Waals surface area contributed by atoms with E-state index in [-0.39, 0.29) is 31.9 Å². The van der Waals surface area contributed by atoms with Crippen LogP contribution in [0.1, 0.15) is 17.5 Å². The average Bonchev–Trinajstić information content (AvgIpc) is 3.24. The highest BCUT2D eigenvalue weighted by Crippen LogP contribution is 2.32. The van der Waals surface area contributed by atoms with Crippen LogP contribution in [0.5, 0.6) is 11.5 Å². The maximum atomic E-state index is 12.5. The van der Waals surface area contributed by atoms with Gasteiger partial charge in [0.15, 0.2) is 18.1 Å². The largest absolute Gasteiger partial charge is 0.456 e. The Balaban J connectivity index is 1.24. The van der Waals surface area contributed by atoms with Gasteiger partial charge in [-0.2, -0.15) is 0 Å². The lowest BCUT2D eigenvalue weighted by atomic mass is 10.1. The second kappa shape index (κ2) is 8.86. The second-order valence-electron chi connectivity index (χ2n) is 7.09. The molecule has 3 aromatic rings. The number of aryl methyl sites for hydroxylation is 2. The second-order valence-corrected chi connectivity index (χ2v) is 7.09. The molecular weight excluding hydrogens is 402 g/mol. The van der Waals surface area contributed by atoms with Gasteiger partial charge in [0.25, 0.3) is 11.5 Å². The third kappa shape index (κ3) is 4.66. The van der Waals surface area contributed by atoms with Crippen molar-refractivity contribution in [2.45, 2.75) is 26.4 Å². The molecule has 1 amide bonds. The number of amides is 1. The summed E-state index contributed by atoms with van der Waals surface area (Å²) >= 11 is 0. The first kappa shape index (κ1) is 20.4. The van der Waals surface area contributed by atoms with E-state index >= 15 is 0 Å². The predicted octanol–water partition coefficient (Wildman–Crippen LogP) is 1.68. The van der Waals surface area contributed by atoms with Gasteiger partial charge in [-0.05, 0) is 36.2 Å². The third-order valence-electron chi connectivity index (χ3n) is 4.90. The van der Waals surface area contributed by atoms with Crippen molar-refractivity contribution < 1.29 is 23.8 Å². The molecule has 9 heteroatoms. The summed E-state index contributed by atoms with van der Waals surface area (Å²) in [5.41, 5.74) is 2.17. The van der Waals surface area contributed by atoms with Crippen LogP contribution in [0.2, 0.25) is 0 Å². The van der Waals surface area contributed by atoms with Gasteiger partial charge in [0.1, 0.15) is 0 Å². The first-order valence-electron chi connectivity index (χ1n) is 9.77. The number of benzene rings is 2. The lowest BCUT2D eigenvalue weighted by Crippen LogP contribution is -2.29. The van der Waals surface area contributed by atoms with Gasteiger partial charge in [-0.1, -0.05) is 18.2 Å². The van der Waals surface area contributed by atoms with Crippen LogP contribution in [-0.4, -0.2) is 34.8 Å². The Labute approximate surface area is 177 Å². The molecular formula is C22H21N3O6. The van der Waals surface area contributed by atoms with Gasteiger partial charge in [-0.3, -0.25) is 19.0 Å². The molecule has 1 aromatic heterocycles. The standard InChI is InChI=1S/C22H21N3O6/c1-14-3-2-4-16-21(14)24-12-25(22(16)28)8-7-20(27)29-11-19(26)23-10-15-5-6-17-18(9-15)31-13-30-17/h2-6,9,12H,7-8,10-11,13H2,1H3,(H,23,26). The number of esters is 1. The number of fused-ring (bicyclic) bond motifs is 2. The van der Waals surface area contributed by atoms with Gasteiger partial charge in [0.05, 0.1) is 23.7 Å². The maximum Gasteiger partial charge on any atom is 0.308 e. The quantitative estimate of drug-likeness (QED) is 0.576. The topological polar surface area (TPSA) is 109 Å². The summed E-state index contributed by atoms with van der Waals surface area (Å²) in [4.78, 5) is 40.8. The SMILES string of the molecule is Cc1cccc2c(=O)n(CCC(=O)OCC(=O)NCc3ccc4c(c3)OCO4)cnc12. The van der Waals surface area contributed by atoms with E-state index in [1.807, 2.05) is 19.1 Å². The van der Waals surface area contributed by atoms with Crippen LogP contribution in [0.15, 0.2) is 47.5 Å². The van der Waals surface area contributed by atoms with Crippen molar-refractivity contribution in [3.63, 3.8) is 0 Å². The number of hydrogen-bond acceptors (Lipinski definition) is 7. The average molecular weight is 423 g/mol. The summed E-state index contributed by atoms with van der Waals surface area (Å²) in [6, 6.07) is 10.8. The summed E-state index contributed by atoms with van der Waals surface area (Å²) in [5, 5.41) is 3.17. The molecule has 2 aromatic carbocycles. The fourth-order valence-corrected chi connectivity index (χ4v) is 3.23. The monoisotopic (exact) mass is 423 g/mol. The minimum Gasteiger partial charge on any atom is -0.456 e. The van der Waals surface area contributed by atoms with Crippen molar-refractivity contribution in [1.82, 2.24) is 14.9 Å². The van der Waals surface area contributed by atoms with Crippen LogP contribution in [0, 0.1) is 6.92 Å². The van der Waals surface area contributed by atoms with Crippen molar-refractivity contribution in [3.8, 4) is 11.5 Å². The Hall–Kier alpha value is -3.88. The molecule has 0 radical (unpaired) electrons. The molecule has 1 N–H and O–H groups in total. The molecule has 0 fully saturated rings. The molecule has 31 heavy (non-hydrogen) atoms. The first-order chi connectivity index (χ1) is 15.0. The van der Waals surface area contributed by atoms with Gasteiger partial charge in [0, 0.05) is 13.1 Å². The Kier molecular flexibility index (Phi) is 5.83. The van der Waals surface area contributed by atoms with Crippen LogP contribution in [0.25, 0.3) is 10.9 Å². The first-order valence-corrected chi connectivity index (χ1v) is 9.77. The molecule has 0 saturated carbocycles. The van der Waals surface area contributed by atoms with E-state index in [2.05, 4.69) is 10.3 Å². The van der Waals surface area contributed by atoms with Crippen molar-refractivity contribution >= 4 is 22.8 Å². The zero-order valence-corrected chi connectivity index (χ0v) is 16.9. The smallest absolute Gasteiger partial charge is 0.308 e. The zero-order valence-electron chi connectivity index (χ0n) is 16.9. The number of para-hydroxylation sites is 1. The molecule has 4 rings (SSSR count). The highest BCUT2D eigenvalue weighted by Gasteiger charge is 2.14. The van der Waals surface area contributed by atoms with Crippen molar-refractivity contribution in [2.75, 3.05) is 13.4 Å². The normalized spacial score (nSPS) is 12.0. The summed E-state index contributed by atoms with van der Waals surface area (Å²) in [7, 11) is 0. The highest BCUT2D eigenvalue weighted by molar-refractivity contribution is 5.81. The van der Waals surface area contributed by atoms with Crippen molar-refractivity contribution in [2.24, 2.45) is 0 Å². The Morgan fingerprint density at radius 2 is 2.03 bits per heavy atom. The van der Waals surface area contributed by atoms with Gasteiger partial charge < -0.3 is 19.5 Å². The summed E-state index contributed by atoms with van der Waals surface area (Å²) < 4.78 is 16.9. The van der Waals surface area contributed by atoms with E-state index in [0.717, 1.165) is 11.1 Å². The van der Waals surface area contributed by atoms with E-state index in [0.29, 0.717) is 22.4 Å². The molecule has 0 aliphatic carbocycles. The lowest BCUT2D eigenvalue weighted by molar-refractivity contribution is -0.148. The predicted molar refractivity (Wildman–Crippen MR) is 111 cm³/mol. The van der Waals surface area contributed by atoms with Gasteiger partial charge >= 0.3 is 5.97 Å². The van der Waals surface area contributed by atoms with E-state index in [1.54, 1.807) is 24.3 Å². The summed E-state index contributed by atoms with van der Waals surface area (Å²) in [6.45, 7) is 2.06. The van der Waals surface area contributed by atoms with E-state index in [1.165, 1.54) is 10.9 Å². The molecule has 2 heterocycles. The highest BCUT2D eigenvalue weighted by atomic mass is 16.7. The number of aromatic nitrogens is 2. The van der Waals surface area contributed by atoms with E-state index in [9.17, 15) is 14.4 Å². The Morgan fingerprint density at radius 1 is 1.19 bits per heavy atom. The van der Waals surface area contributed by atoms with Crippen LogP contribution >= 0.6 is 0 Å². The summed E-state index contributed by atoms with van der Waals surface area (Å²) in [6.07, 6.45) is 1.37. The molecule has 160 valence electrons. The number of carbonyl (C=O) groups excluding carboxylic acids is 2. The molecule has 9 nitrogen and oxygen atoms in total. The van der Waals surface area contributed by atoms with Gasteiger partial charge in [-0.25, -0.2) is 4.98 Å². The number of nitrogens with one attached hydrogen (secondary N) is 1. The Morgan fingerprint density at radius 3 is 2.90 bits per heavy atom. The van der Waals surface area contributed by atoms with Gasteiger partial charge in [-0.15, -0.1) is 0 Å². The molecule has 0 atom stereocenters. The number of hydrogen-bond donors (Lipinski definition) is 1. The van der Waals surface area contributed by atoms with Crippen LogP contribution < -0.4 is 20.3 Å². The molecule has 0 spiro atoms. The fourth-order valence-electron chi connectivity index (χ4n) is 3.23. The summed E-state index contributed by atoms with van der Waals surface area (Å²) in [5.74, 6) is 0.298. The maximum absolute atomic E-state index is 12.5. The lowest BCUT2D eigenvalue weighted by Gasteiger charge is -2.09. The van der Waals surface area contributed by atoms with E-state index < -0.39 is 18.5 Å². The van der Waals surface area contributed by atoms with Gasteiger partial charge in [0.2, 0.25) is 6.79 Å². The molecule has 0 saturated heterocycles. The number of ether oxygens (including phenoxy) is 3. The van der Waals surface area contributed by atoms with E-state index in [4.69, 9.17) is 14.2 Å². The molecule has 0 unspecified atom stereocenters.